The van der Waals surface area contributed by atoms with Crippen LogP contribution in [0.2, 0.25) is 0 Å². The molecule has 1 spiro atoms. The fourth-order valence-electron chi connectivity index (χ4n) is 3.70. The van der Waals surface area contributed by atoms with Crippen LogP contribution >= 0.6 is 0 Å². The van der Waals surface area contributed by atoms with Gasteiger partial charge in [0, 0.05) is 45.1 Å². The standard InChI is InChI=1S/C18H24N2O4S/c1-14-4-3-5-15(12-14)17(22)19-8-6-18(7-9-19)20(10-11-24-2)16(21)13-25(18)23/h3-5,12H,6-11,13H2,1-2H3. The maximum absolute atomic E-state index is 12.7. The van der Waals surface area contributed by atoms with Crippen molar-refractivity contribution in [3.8, 4) is 0 Å². The molecule has 2 saturated heterocycles. The van der Waals surface area contributed by atoms with Crippen molar-refractivity contribution in [2.45, 2.75) is 24.6 Å². The molecule has 1 aromatic carbocycles. The first-order valence-electron chi connectivity index (χ1n) is 8.52. The van der Waals surface area contributed by atoms with E-state index in [2.05, 4.69) is 0 Å². The van der Waals surface area contributed by atoms with Gasteiger partial charge < -0.3 is 14.5 Å². The second-order valence-corrected chi connectivity index (χ2v) is 8.38. The predicted molar refractivity (Wildman–Crippen MR) is 95.6 cm³/mol. The molecular weight excluding hydrogens is 340 g/mol. The Morgan fingerprint density at radius 3 is 2.68 bits per heavy atom. The van der Waals surface area contributed by atoms with E-state index in [0.717, 1.165) is 5.56 Å². The molecule has 2 aliphatic rings. The van der Waals surface area contributed by atoms with Gasteiger partial charge in [-0.15, -0.1) is 0 Å². The summed E-state index contributed by atoms with van der Waals surface area (Å²) in [6.45, 7) is 3.86. The zero-order valence-corrected chi connectivity index (χ0v) is 15.5. The Bertz CT molecular complexity index is 698. The minimum atomic E-state index is -1.22. The molecule has 0 N–H and O–H groups in total. The molecule has 1 atom stereocenters. The van der Waals surface area contributed by atoms with Crippen LogP contribution in [0, 0.1) is 6.92 Å². The summed E-state index contributed by atoms with van der Waals surface area (Å²) in [5.41, 5.74) is 1.73. The lowest BCUT2D eigenvalue weighted by Crippen LogP contribution is -2.56. The number of methoxy groups -OCH3 is 1. The van der Waals surface area contributed by atoms with Gasteiger partial charge in [0.2, 0.25) is 5.91 Å². The monoisotopic (exact) mass is 364 g/mol. The van der Waals surface area contributed by atoms with Crippen molar-refractivity contribution < 1.29 is 18.5 Å². The lowest BCUT2D eigenvalue weighted by molar-refractivity contribution is -0.131. The van der Waals surface area contributed by atoms with Crippen molar-refractivity contribution in [3.05, 3.63) is 35.4 Å². The molecule has 0 bridgehead atoms. The Morgan fingerprint density at radius 1 is 1.32 bits per heavy atom. The molecule has 2 aliphatic heterocycles. The van der Waals surface area contributed by atoms with Crippen LogP contribution in [0.25, 0.3) is 0 Å². The van der Waals surface area contributed by atoms with Crippen LogP contribution in [-0.4, -0.2) is 69.8 Å². The van der Waals surface area contributed by atoms with Crippen LogP contribution in [0.1, 0.15) is 28.8 Å². The van der Waals surface area contributed by atoms with E-state index in [1.165, 1.54) is 0 Å². The first kappa shape index (κ1) is 18.1. The highest BCUT2D eigenvalue weighted by atomic mass is 32.2. The van der Waals surface area contributed by atoms with Gasteiger partial charge in [0.1, 0.15) is 10.6 Å². The van der Waals surface area contributed by atoms with Crippen LogP contribution in [0.15, 0.2) is 24.3 Å². The Balaban J connectivity index is 1.72. The summed E-state index contributed by atoms with van der Waals surface area (Å²) in [4.78, 5) is 27.8. The smallest absolute Gasteiger partial charge is 0.253 e. The van der Waals surface area contributed by atoms with E-state index < -0.39 is 15.7 Å². The van der Waals surface area contributed by atoms with Gasteiger partial charge in [0.15, 0.2) is 0 Å². The molecule has 0 radical (unpaired) electrons. The molecule has 6 nitrogen and oxygen atoms in total. The SMILES string of the molecule is COCCN1C(=O)CS(=O)C12CCN(C(=O)c1cccc(C)c1)CC2. The molecule has 2 fully saturated rings. The maximum atomic E-state index is 12.7. The van der Waals surface area contributed by atoms with Crippen LogP contribution in [0.4, 0.5) is 0 Å². The number of aryl methyl sites for hydroxylation is 1. The quantitative estimate of drug-likeness (QED) is 0.804. The number of benzene rings is 1. The number of ether oxygens (including phenoxy) is 1. The van der Waals surface area contributed by atoms with Crippen molar-refractivity contribution >= 4 is 22.6 Å². The van der Waals surface area contributed by atoms with Crippen LogP contribution < -0.4 is 0 Å². The van der Waals surface area contributed by atoms with Crippen molar-refractivity contribution in [2.24, 2.45) is 0 Å². The van der Waals surface area contributed by atoms with Gasteiger partial charge in [0.05, 0.1) is 17.4 Å². The number of rotatable bonds is 4. The van der Waals surface area contributed by atoms with Crippen molar-refractivity contribution in [1.29, 1.82) is 0 Å². The van der Waals surface area contributed by atoms with Crippen LogP contribution in [-0.2, 0) is 20.3 Å². The third-order valence-corrected chi connectivity index (χ3v) is 7.07. The second kappa shape index (κ2) is 7.25. The largest absolute Gasteiger partial charge is 0.383 e. The number of carbonyl (C=O) groups excluding carboxylic acids is 2. The van der Waals surface area contributed by atoms with E-state index in [4.69, 9.17) is 4.74 Å². The average molecular weight is 364 g/mol. The molecule has 1 aromatic rings. The van der Waals surface area contributed by atoms with Gasteiger partial charge in [-0.05, 0) is 19.1 Å². The number of hydrogen-bond acceptors (Lipinski definition) is 4. The topological polar surface area (TPSA) is 66.9 Å². The van der Waals surface area contributed by atoms with Gasteiger partial charge in [-0.3, -0.25) is 13.8 Å². The third-order valence-electron chi connectivity index (χ3n) is 5.09. The summed E-state index contributed by atoms with van der Waals surface area (Å²) >= 11 is 0. The van der Waals surface area contributed by atoms with Crippen LogP contribution in [0.5, 0.6) is 0 Å². The third kappa shape index (κ3) is 3.35. The first-order valence-corrected chi connectivity index (χ1v) is 9.84. The molecule has 3 rings (SSSR count). The van der Waals surface area contributed by atoms with E-state index in [-0.39, 0.29) is 17.6 Å². The van der Waals surface area contributed by atoms with E-state index in [1.807, 2.05) is 31.2 Å². The number of carbonyl (C=O) groups is 2. The Labute approximate surface area is 150 Å². The molecule has 1 unspecified atom stereocenters. The lowest BCUT2D eigenvalue weighted by atomic mass is 10.0. The van der Waals surface area contributed by atoms with Gasteiger partial charge in [0.25, 0.3) is 5.91 Å². The van der Waals surface area contributed by atoms with E-state index >= 15 is 0 Å². The Kier molecular flexibility index (Phi) is 5.24. The van der Waals surface area contributed by atoms with E-state index in [9.17, 15) is 13.8 Å². The van der Waals surface area contributed by atoms with Gasteiger partial charge in [-0.2, -0.15) is 0 Å². The van der Waals surface area contributed by atoms with Gasteiger partial charge in [-0.1, -0.05) is 17.7 Å². The molecule has 0 saturated carbocycles. The van der Waals surface area contributed by atoms with Gasteiger partial charge in [-0.25, -0.2) is 0 Å². The highest BCUT2D eigenvalue weighted by molar-refractivity contribution is 7.87. The summed E-state index contributed by atoms with van der Waals surface area (Å²) in [5.74, 6) is 0.00108. The number of likely N-dealkylation sites (tertiary alicyclic amines) is 1. The van der Waals surface area contributed by atoms with Crippen molar-refractivity contribution in [2.75, 3.05) is 39.1 Å². The molecule has 7 heteroatoms. The summed E-state index contributed by atoms with van der Waals surface area (Å²) in [5, 5.41) is 0. The van der Waals surface area contributed by atoms with Gasteiger partial charge >= 0.3 is 0 Å². The molecule has 2 heterocycles. The van der Waals surface area contributed by atoms with Crippen molar-refractivity contribution in [1.82, 2.24) is 9.80 Å². The minimum absolute atomic E-state index is 0.00269. The van der Waals surface area contributed by atoms with E-state index in [0.29, 0.717) is 44.6 Å². The lowest BCUT2D eigenvalue weighted by Gasteiger charge is -2.43. The zero-order chi connectivity index (χ0) is 18.0. The average Bonchev–Trinajstić information content (AvgIpc) is 2.83. The zero-order valence-electron chi connectivity index (χ0n) is 14.7. The fourth-order valence-corrected chi connectivity index (χ4v) is 5.43. The molecule has 25 heavy (non-hydrogen) atoms. The number of amides is 2. The summed E-state index contributed by atoms with van der Waals surface area (Å²) in [6.07, 6.45) is 1.10. The first-order chi connectivity index (χ1) is 12.0. The van der Waals surface area contributed by atoms with Crippen molar-refractivity contribution in [3.63, 3.8) is 0 Å². The highest BCUT2D eigenvalue weighted by Crippen LogP contribution is 2.37. The molecule has 0 aromatic heterocycles. The predicted octanol–water partition coefficient (Wildman–Crippen LogP) is 1.16. The normalized spacial score (nSPS) is 22.6. The van der Waals surface area contributed by atoms with Crippen LogP contribution in [0.3, 0.4) is 0 Å². The summed E-state index contributed by atoms with van der Waals surface area (Å²) in [6, 6.07) is 7.55. The number of piperidine rings is 1. The maximum Gasteiger partial charge on any atom is 0.253 e. The summed E-state index contributed by atoms with van der Waals surface area (Å²) < 4.78 is 17.7. The fraction of sp³-hybridized carbons (Fsp3) is 0.556. The number of nitrogens with zero attached hydrogens (tertiary/aromatic N) is 2. The van der Waals surface area contributed by atoms with E-state index in [1.54, 1.807) is 16.9 Å². The summed E-state index contributed by atoms with van der Waals surface area (Å²) in [7, 11) is 0.366. The highest BCUT2D eigenvalue weighted by Gasteiger charge is 2.52. The second-order valence-electron chi connectivity index (χ2n) is 6.64. The Hall–Kier alpha value is -1.73. The minimum Gasteiger partial charge on any atom is -0.383 e. The molecule has 2 amide bonds. The Morgan fingerprint density at radius 2 is 2.04 bits per heavy atom. The molecular formula is C18H24N2O4S. The number of hydrogen-bond donors (Lipinski definition) is 0. The molecule has 0 aliphatic carbocycles. The molecule has 136 valence electrons.